The molecule has 0 aliphatic carbocycles. The number of hydrogen-bond acceptors (Lipinski definition) is 4. The van der Waals surface area contributed by atoms with Gasteiger partial charge in [0.15, 0.2) is 0 Å². The lowest BCUT2D eigenvalue weighted by atomic mass is 10.2. The molecule has 0 amide bonds. The van der Waals surface area contributed by atoms with Crippen LogP contribution in [0.4, 0.5) is 11.4 Å². The van der Waals surface area contributed by atoms with Gasteiger partial charge in [-0.2, -0.15) is 5.10 Å². The standard InChI is InChI=1S/C13H9BrClN3O2/c14-10-1-3-11(4-2-10)17-16-8-9-7-12(18(19)20)5-6-13(9)15/h1-8,17H. The van der Waals surface area contributed by atoms with E-state index >= 15 is 0 Å². The zero-order valence-electron chi connectivity index (χ0n) is 10.1. The molecule has 0 atom stereocenters. The van der Waals surface area contributed by atoms with E-state index in [1.165, 1.54) is 24.4 Å². The van der Waals surface area contributed by atoms with Crippen LogP contribution in [0.15, 0.2) is 52.0 Å². The van der Waals surface area contributed by atoms with Gasteiger partial charge in [0.25, 0.3) is 5.69 Å². The quantitative estimate of drug-likeness (QED) is 0.501. The lowest BCUT2D eigenvalue weighted by Crippen LogP contribution is -1.93. The molecule has 0 bridgehead atoms. The minimum atomic E-state index is -0.476. The second kappa shape index (κ2) is 6.49. The highest BCUT2D eigenvalue weighted by Crippen LogP contribution is 2.20. The third-order valence-corrected chi connectivity index (χ3v) is 3.30. The maximum atomic E-state index is 10.7. The monoisotopic (exact) mass is 353 g/mol. The first kappa shape index (κ1) is 14.5. The lowest BCUT2D eigenvalue weighted by Gasteiger charge is -2.01. The fourth-order valence-corrected chi connectivity index (χ4v) is 1.88. The molecule has 5 nitrogen and oxygen atoms in total. The Bertz CT molecular complexity index is 659. The first-order valence-electron chi connectivity index (χ1n) is 5.55. The Kier molecular flexibility index (Phi) is 4.70. The van der Waals surface area contributed by atoms with Gasteiger partial charge in [-0.25, -0.2) is 0 Å². The van der Waals surface area contributed by atoms with E-state index in [2.05, 4.69) is 26.5 Å². The third kappa shape index (κ3) is 3.79. The molecule has 1 N–H and O–H groups in total. The Hall–Kier alpha value is -1.92. The number of nitrogens with one attached hydrogen (secondary N) is 1. The van der Waals surface area contributed by atoms with E-state index in [-0.39, 0.29) is 5.69 Å². The number of nitro groups is 1. The number of anilines is 1. The number of hydrazone groups is 1. The third-order valence-electron chi connectivity index (χ3n) is 2.43. The van der Waals surface area contributed by atoms with Crippen molar-refractivity contribution in [2.45, 2.75) is 0 Å². The molecule has 2 aromatic rings. The molecule has 2 rings (SSSR count). The highest BCUT2D eigenvalue weighted by atomic mass is 79.9. The van der Waals surface area contributed by atoms with Gasteiger partial charge in [-0.1, -0.05) is 27.5 Å². The van der Waals surface area contributed by atoms with Crippen molar-refractivity contribution in [2.75, 3.05) is 5.43 Å². The van der Waals surface area contributed by atoms with Gasteiger partial charge in [0, 0.05) is 27.2 Å². The van der Waals surface area contributed by atoms with Crippen LogP contribution in [0.2, 0.25) is 5.02 Å². The number of hydrogen-bond donors (Lipinski definition) is 1. The fourth-order valence-electron chi connectivity index (χ4n) is 1.44. The highest BCUT2D eigenvalue weighted by molar-refractivity contribution is 9.10. The smallest absolute Gasteiger partial charge is 0.270 e. The topological polar surface area (TPSA) is 67.5 Å². The Morgan fingerprint density at radius 1 is 1.25 bits per heavy atom. The Balaban J connectivity index is 2.12. The summed E-state index contributed by atoms with van der Waals surface area (Å²) in [7, 11) is 0. The van der Waals surface area contributed by atoms with Crippen LogP contribution in [0, 0.1) is 10.1 Å². The molecule has 0 aliphatic heterocycles. The summed E-state index contributed by atoms with van der Waals surface area (Å²) in [4.78, 5) is 10.2. The van der Waals surface area contributed by atoms with Gasteiger partial charge in [-0.3, -0.25) is 15.5 Å². The van der Waals surface area contributed by atoms with Crippen molar-refractivity contribution in [1.29, 1.82) is 0 Å². The summed E-state index contributed by atoms with van der Waals surface area (Å²) in [5.41, 5.74) is 4.06. The summed E-state index contributed by atoms with van der Waals surface area (Å²) < 4.78 is 0.966. The number of halogens is 2. The van der Waals surface area contributed by atoms with Crippen molar-refractivity contribution in [3.05, 3.63) is 67.6 Å². The summed E-state index contributed by atoms with van der Waals surface area (Å²) in [6.45, 7) is 0. The van der Waals surface area contributed by atoms with Crippen LogP contribution in [0.1, 0.15) is 5.56 Å². The van der Waals surface area contributed by atoms with Gasteiger partial charge < -0.3 is 0 Å². The van der Waals surface area contributed by atoms with Gasteiger partial charge in [0.1, 0.15) is 0 Å². The number of nitro benzene ring substituents is 1. The minimum Gasteiger partial charge on any atom is -0.279 e. The van der Waals surface area contributed by atoms with Crippen molar-refractivity contribution < 1.29 is 4.92 Å². The minimum absolute atomic E-state index is 0.0282. The summed E-state index contributed by atoms with van der Waals surface area (Å²) in [5, 5.41) is 15.1. The lowest BCUT2D eigenvalue weighted by molar-refractivity contribution is -0.384. The molecule has 0 unspecified atom stereocenters. The van der Waals surface area contributed by atoms with Crippen molar-refractivity contribution in [2.24, 2.45) is 5.10 Å². The largest absolute Gasteiger partial charge is 0.279 e. The maximum Gasteiger partial charge on any atom is 0.270 e. The SMILES string of the molecule is O=[N+]([O-])c1ccc(Cl)c(C=NNc2ccc(Br)cc2)c1. The van der Waals surface area contributed by atoms with Crippen molar-refractivity contribution >= 4 is 45.1 Å². The maximum absolute atomic E-state index is 10.7. The zero-order valence-corrected chi connectivity index (χ0v) is 12.4. The van der Waals surface area contributed by atoms with E-state index in [9.17, 15) is 10.1 Å². The van der Waals surface area contributed by atoms with E-state index in [0.29, 0.717) is 10.6 Å². The molecule has 0 saturated carbocycles. The van der Waals surface area contributed by atoms with E-state index < -0.39 is 4.92 Å². The summed E-state index contributed by atoms with van der Waals surface area (Å²) in [6, 6.07) is 11.6. The number of rotatable bonds is 4. The van der Waals surface area contributed by atoms with Crippen LogP contribution in [0.5, 0.6) is 0 Å². The van der Waals surface area contributed by atoms with Crippen LogP contribution in [-0.2, 0) is 0 Å². The highest BCUT2D eigenvalue weighted by Gasteiger charge is 2.07. The van der Waals surface area contributed by atoms with Gasteiger partial charge >= 0.3 is 0 Å². The van der Waals surface area contributed by atoms with E-state index in [4.69, 9.17) is 11.6 Å². The van der Waals surface area contributed by atoms with Crippen LogP contribution in [-0.4, -0.2) is 11.1 Å². The van der Waals surface area contributed by atoms with Gasteiger partial charge in [0.2, 0.25) is 0 Å². The summed E-state index contributed by atoms with van der Waals surface area (Å²) in [5.74, 6) is 0. The van der Waals surface area contributed by atoms with Crippen molar-refractivity contribution in [3.63, 3.8) is 0 Å². The average Bonchev–Trinajstić information content (AvgIpc) is 2.43. The molecular weight excluding hydrogens is 346 g/mol. The normalized spacial score (nSPS) is 10.7. The van der Waals surface area contributed by atoms with Gasteiger partial charge in [-0.05, 0) is 30.3 Å². The van der Waals surface area contributed by atoms with Crippen molar-refractivity contribution in [3.8, 4) is 0 Å². The molecule has 0 saturated heterocycles. The predicted octanol–water partition coefficient (Wildman–Crippen LogP) is 4.46. The average molecular weight is 355 g/mol. The molecule has 102 valence electrons. The number of non-ortho nitro benzene ring substituents is 1. The van der Waals surface area contributed by atoms with Crippen molar-refractivity contribution in [1.82, 2.24) is 0 Å². The van der Waals surface area contributed by atoms with Crippen LogP contribution in [0.3, 0.4) is 0 Å². The summed E-state index contributed by atoms with van der Waals surface area (Å²) >= 11 is 9.29. The number of benzene rings is 2. The molecule has 0 aliphatic rings. The molecule has 7 heteroatoms. The molecule has 0 heterocycles. The predicted molar refractivity (Wildman–Crippen MR) is 83.5 cm³/mol. The van der Waals surface area contributed by atoms with Gasteiger partial charge in [0.05, 0.1) is 16.8 Å². The fraction of sp³-hybridized carbons (Fsp3) is 0. The molecular formula is C13H9BrClN3O2. The molecule has 20 heavy (non-hydrogen) atoms. The first-order valence-corrected chi connectivity index (χ1v) is 6.72. The van der Waals surface area contributed by atoms with Crippen LogP contribution in [0.25, 0.3) is 0 Å². The molecule has 0 aromatic heterocycles. The van der Waals surface area contributed by atoms with E-state index in [1.54, 1.807) is 0 Å². The Labute approximate surface area is 128 Å². The van der Waals surface area contributed by atoms with E-state index in [1.807, 2.05) is 24.3 Å². The Morgan fingerprint density at radius 3 is 2.60 bits per heavy atom. The second-order valence-electron chi connectivity index (χ2n) is 3.84. The first-order chi connectivity index (χ1) is 9.56. The molecule has 0 radical (unpaired) electrons. The van der Waals surface area contributed by atoms with Gasteiger partial charge in [-0.15, -0.1) is 0 Å². The molecule has 0 fully saturated rings. The van der Waals surface area contributed by atoms with E-state index in [0.717, 1.165) is 10.2 Å². The molecule has 0 spiro atoms. The number of nitrogens with zero attached hydrogens (tertiary/aromatic N) is 2. The van der Waals surface area contributed by atoms with Crippen LogP contribution < -0.4 is 5.43 Å². The van der Waals surface area contributed by atoms with Crippen LogP contribution >= 0.6 is 27.5 Å². The molecule has 2 aromatic carbocycles. The second-order valence-corrected chi connectivity index (χ2v) is 5.16. The Morgan fingerprint density at radius 2 is 1.95 bits per heavy atom. The zero-order chi connectivity index (χ0) is 14.5. The summed E-state index contributed by atoms with van der Waals surface area (Å²) in [6.07, 6.45) is 1.44.